The zero-order valence-corrected chi connectivity index (χ0v) is 7.90. The van der Waals surface area contributed by atoms with Crippen LogP contribution in [0.1, 0.15) is 0 Å². The van der Waals surface area contributed by atoms with Crippen LogP contribution in [-0.4, -0.2) is 37.9 Å². The SMILES string of the molecule is C=CCON1CC(OC)=CC(N)C1. The minimum Gasteiger partial charge on any atom is -0.500 e. The largest absolute Gasteiger partial charge is 0.500 e. The van der Waals surface area contributed by atoms with Gasteiger partial charge in [0.1, 0.15) is 5.76 Å². The standard InChI is InChI=1S/C9H16N2O2/c1-3-4-13-11-6-8(10)5-9(7-11)12-2/h3,5,8H,1,4,6-7,10H2,2H3. The summed E-state index contributed by atoms with van der Waals surface area (Å²) in [5, 5.41) is 1.78. The van der Waals surface area contributed by atoms with Crippen molar-refractivity contribution >= 4 is 0 Å². The number of nitrogens with zero attached hydrogens (tertiary/aromatic N) is 1. The summed E-state index contributed by atoms with van der Waals surface area (Å²) >= 11 is 0. The van der Waals surface area contributed by atoms with Crippen molar-refractivity contribution in [2.24, 2.45) is 5.73 Å². The van der Waals surface area contributed by atoms with E-state index < -0.39 is 0 Å². The van der Waals surface area contributed by atoms with Crippen LogP contribution in [-0.2, 0) is 9.57 Å². The van der Waals surface area contributed by atoms with Crippen LogP contribution in [0, 0.1) is 0 Å². The van der Waals surface area contributed by atoms with E-state index in [1.165, 1.54) is 0 Å². The van der Waals surface area contributed by atoms with Gasteiger partial charge in [0.05, 0.1) is 20.3 Å². The predicted octanol–water partition coefficient (Wildman–Crippen LogP) is 0.277. The van der Waals surface area contributed by atoms with E-state index >= 15 is 0 Å². The molecule has 0 spiro atoms. The van der Waals surface area contributed by atoms with Crippen LogP contribution in [0.4, 0.5) is 0 Å². The van der Waals surface area contributed by atoms with Gasteiger partial charge in [-0.05, 0) is 6.08 Å². The van der Waals surface area contributed by atoms with E-state index in [1.807, 2.05) is 6.08 Å². The fourth-order valence-corrected chi connectivity index (χ4v) is 1.21. The van der Waals surface area contributed by atoms with Gasteiger partial charge in [-0.3, -0.25) is 4.84 Å². The fourth-order valence-electron chi connectivity index (χ4n) is 1.21. The molecule has 1 atom stereocenters. The van der Waals surface area contributed by atoms with Gasteiger partial charge in [0, 0.05) is 12.6 Å². The molecule has 0 saturated heterocycles. The molecule has 1 aliphatic heterocycles. The molecule has 0 aromatic heterocycles. The Labute approximate surface area is 78.6 Å². The van der Waals surface area contributed by atoms with Crippen LogP contribution in [0.3, 0.4) is 0 Å². The summed E-state index contributed by atoms with van der Waals surface area (Å²) in [5.74, 6) is 0.850. The lowest BCUT2D eigenvalue weighted by Crippen LogP contribution is -2.41. The lowest BCUT2D eigenvalue weighted by atomic mass is 10.2. The van der Waals surface area contributed by atoms with E-state index in [0.29, 0.717) is 19.7 Å². The third-order valence-electron chi connectivity index (χ3n) is 1.78. The van der Waals surface area contributed by atoms with Crippen molar-refractivity contribution in [2.45, 2.75) is 6.04 Å². The van der Waals surface area contributed by atoms with Crippen molar-refractivity contribution in [2.75, 3.05) is 26.8 Å². The second kappa shape index (κ2) is 5.01. The molecule has 0 radical (unpaired) electrons. The molecule has 4 nitrogen and oxygen atoms in total. The Morgan fingerprint density at radius 2 is 2.62 bits per heavy atom. The molecule has 1 heterocycles. The Morgan fingerprint density at radius 1 is 1.85 bits per heavy atom. The lowest BCUT2D eigenvalue weighted by molar-refractivity contribution is -0.151. The molecular weight excluding hydrogens is 168 g/mol. The number of methoxy groups -OCH3 is 1. The van der Waals surface area contributed by atoms with Crippen molar-refractivity contribution in [1.82, 2.24) is 5.06 Å². The predicted molar refractivity (Wildman–Crippen MR) is 50.8 cm³/mol. The maximum atomic E-state index is 5.76. The maximum absolute atomic E-state index is 5.76. The Bertz CT molecular complexity index is 204. The second-order valence-electron chi connectivity index (χ2n) is 2.91. The molecule has 2 N–H and O–H groups in total. The monoisotopic (exact) mass is 184 g/mol. The van der Waals surface area contributed by atoms with E-state index in [2.05, 4.69) is 6.58 Å². The molecule has 1 unspecified atom stereocenters. The average Bonchev–Trinajstić information content (AvgIpc) is 2.14. The van der Waals surface area contributed by atoms with E-state index in [1.54, 1.807) is 18.2 Å². The molecule has 0 aliphatic carbocycles. The van der Waals surface area contributed by atoms with Gasteiger partial charge in [0.25, 0.3) is 0 Å². The second-order valence-corrected chi connectivity index (χ2v) is 2.91. The summed E-state index contributed by atoms with van der Waals surface area (Å²) in [4.78, 5) is 5.35. The van der Waals surface area contributed by atoms with Crippen LogP contribution < -0.4 is 5.73 Å². The van der Waals surface area contributed by atoms with E-state index in [-0.39, 0.29) is 6.04 Å². The van der Waals surface area contributed by atoms with Crippen LogP contribution in [0.25, 0.3) is 0 Å². The first-order chi connectivity index (χ1) is 6.26. The first-order valence-corrected chi connectivity index (χ1v) is 4.25. The number of hydrogen-bond acceptors (Lipinski definition) is 4. The van der Waals surface area contributed by atoms with Gasteiger partial charge in [-0.2, -0.15) is 5.06 Å². The average molecular weight is 184 g/mol. The molecule has 0 amide bonds. The minimum absolute atomic E-state index is 0.0199. The highest BCUT2D eigenvalue weighted by Crippen LogP contribution is 2.09. The number of hydrogen-bond donors (Lipinski definition) is 1. The number of hydroxylamine groups is 2. The van der Waals surface area contributed by atoms with E-state index in [9.17, 15) is 0 Å². The van der Waals surface area contributed by atoms with Crippen molar-refractivity contribution in [3.8, 4) is 0 Å². The fraction of sp³-hybridized carbons (Fsp3) is 0.556. The summed E-state index contributed by atoms with van der Waals surface area (Å²) in [6, 6.07) is -0.0199. The van der Waals surface area contributed by atoms with Crippen molar-refractivity contribution in [3.63, 3.8) is 0 Å². The first kappa shape index (κ1) is 10.2. The van der Waals surface area contributed by atoms with Gasteiger partial charge in [-0.1, -0.05) is 6.08 Å². The van der Waals surface area contributed by atoms with Gasteiger partial charge >= 0.3 is 0 Å². The van der Waals surface area contributed by atoms with Crippen LogP contribution in [0.2, 0.25) is 0 Å². The van der Waals surface area contributed by atoms with E-state index in [0.717, 1.165) is 5.76 Å². The molecule has 1 aliphatic rings. The minimum atomic E-state index is -0.0199. The quantitative estimate of drug-likeness (QED) is 0.637. The highest BCUT2D eigenvalue weighted by molar-refractivity contribution is 5.05. The highest BCUT2D eigenvalue weighted by Gasteiger charge is 2.18. The lowest BCUT2D eigenvalue weighted by Gasteiger charge is -2.28. The van der Waals surface area contributed by atoms with Crippen LogP contribution >= 0.6 is 0 Å². The number of nitrogens with two attached hydrogens (primary N) is 1. The molecular formula is C9H16N2O2. The first-order valence-electron chi connectivity index (χ1n) is 4.25. The summed E-state index contributed by atoms with van der Waals surface area (Å²) in [6.45, 7) is 5.42. The Balaban J connectivity index is 2.43. The smallest absolute Gasteiger partial charge is 0.110 e. The van der Waals surface area contributed by atoms with Crippen molar-refractivity contribution in [3.05, 3.63) is 24.5 Å². The summed E-state index contributed by atoms with van der Waals surface area (Å²) < 4.78 is 5.11. The zero-order valence-electron chi connectivity index (χ0n) is 7.90. The van der Waals surface area contributed by atoms with Gasteiger partial charge in [-0.15, -0.1) is 6.58 Å². The zero-order chi connectivity index (χ0) is 9.68. The molecule has 0 saturated carbocycles. The van der Waals surface area contributed by atoms with Crippen molar-refractivity contribution in [1.29, 1.82) is 0 Å². The molecule has 4 heteroatoms. The topological polar surface area (TPSA) is 47.7 Å². The number of ether oxygens (including phenoxy) is 1. The molecule has 0 bridgehead atoms. The molecule has 0 aromatic carbocycles. The van der Waals surface area contributed by atoms with Gasteiger partial charge in [0.2, 0.25) is 0 Å². The molecule has 1 rings (SSSR count). The van der Waals surface area contributed by atoms with Gasteiger partial charge < -0.3 is 10.5 Å². The van der Waals surface area contributed by atoms with Crippen LogP contribution in [0.5, 0.6) is 0 Å². The highest BCUT2D eigenvalue weighted by atomic mass is 16.7. The normalized spacial score (nSPS) is 23.8. The maximum Gasteiger partial charge on any atom is 0.110 e. The third-order valence-corrected chi connectivity index (χ3v) is 1.78. The van der Waals surface area contributed by atoms with E-state index in [4.69, 9.17) is 15.3 Å². The van der Waals surface area contributed by atoms with Crippen molar-refractivity contribution < 1.29 is 9.57 Å². The Hall–Kier alpha value is -0.840. The summed E-state index contributed by atoms with van der Waals surface area (Å²) in [5.41, 5.74) is 5.76. The number of rotatable bonds is 4. The molecule has 74 valence electrons. The van der Waals surface area contributed by atoms with Gasteiger partial charge in [-0.25, -0.2) is 0 Å². The van der Waals surface area contributed by atoms with Crippen LogP contribution in [0.15, 0.2) is 24.5 Å². The molecule has 0 aromatic rings. The van der Waals surface area contributed by atoms with Gasteiger partial charge in [0.15, 0.2) is 0 Å². The Morgan fingerprint density at radius 3 is 3.23 bits per heavy atom. The third kappa shape index (κ3) is 3.18. The summed E-state index contributed by atoms with van der Waals surface area (Å²) in [7, 11) is 1.63. The summed E-state index contributed by atoms with van der Waals surface area (Å²) in [6.07, 6.45) is 3.62. The Kier molecular flexibility index (Phi) is 3.95. The molecule has 0 fully saturated rings. The molecule has 13 heavy (non-hydrogen) atoms.